The zero-order valence-corrected chi connectivity index (χ0v) is 12.9. The molecule has 1 saturated carbocycles. The number of nitrogens with zero attached hydrogens (tertiary/aromatic N) is 1. The Morgan fingerprint density at radius 1 is 1.25 bits per heavy atom. The molecular weight excluding hydrogens is 248 g/mol. The zero-order valence-electron chi connectivity index (χ0n) is 12.9. The monoisotopic (exact) mass is 274 g/mol. The molecule has 0 bridgehead atoms. The van der Waals surface area contributed by atoms with Crippen molar-refractivity contribution >= 4 is 11.6 Å². The van der Waals surface area contributed by atoms with E-state index in [0.29, 0.717) is 12.5 Å². The normalized spacial score (nSPS) is 22.4. The van der Waals surface area contributed by atoms with Crippen LogP contribution in [0.25, 0.3) is 0 Å². The summed E-state index contributed by atoms with van der Waals surface area (Å²) in [5, 5.41) is 3.62. The number of amides is 1. The van der Waals surface area contributed by atoms with Gasteiger partial charge in [0.15, 0.2) is 0 Å². The predicted octanol–water partition coefficient (Wildman–Crippen LogP) is 3.31. The van der Waals surface area contributed by atoms with Gasteiger partial charge in [-0.05, 0) is 36.5 Å². The van der Waals surface area contributed by atoms with E-state index in [1.807, 2.05) is 0 Å². The lowest BCUT2D eigenvalue weighted by Gasteiger charge is -2.28. The van der Waals surface area contributed by atoms with Crippen LogP contribution in [0.1, 0.15) is 38.2 Å². The molecule has 2 rings (SSSR count). The Kier molecular flexibility index (Phi) is 5.05. The summed E-state index contributed by atoms with van der Waals surface area (Å²) in [6.45, 7) is 2.34. The van der Waals surface area contributed by atoms with Crippen LogP contribution >= 0.6 is 0 Å². The maximum Gasteiger partial charge on any atom is 0.226 e. The lowest BCUT2D eigenvalue weighted by atomic mass is 9.87. The number of carbonyl (C=O) groups is 1. The maximum atomic E-state index is 11.7. The van der Waals surface area contributed by atoms with Crippen LogP contribution in [0.15, 0.2) is 24.3 Å². The van der Waals surface area contributed by atoms with Crippen molar-refractivity contribution in [1.29, 1.82) is 0 Å². The number of rotatable bonds is 4. The van der Waals surface area contributed by atoms with Gasteiger partial charge in [-0.25, -0.2) is 0 Å². The van der Waals surface area contributed by atoms with Crippen molar-refractivity contribution in [3.8, 4) is 0 Å². The van der Waals surface area contributed by atoms with Gasteiger partial charge in [-0.3, -0.25) is 4.79 Å². The van der Waals surface area contributed by atoms with Crippen LogP contribution in [0, 0.1) is 5.92 Å². The number of anilines is 1. The van der Waals surface area contributed by atoms with Gasteiger partial charge in [-0.15, -0.1) is 0 Å². The molecular formula is C17H26N2O. The lowest BCUT2D eigenvalue weighted by molar-refractivity contribution is -0.127. The van der Waals surface area contributed by atoms with Gasteiger partial charge in [0.05, 0.1) is 6.42 Å². The molecule has 1 fully saturated rings. The fraction of sp³-hybridized carbons (Fsp3) is 0.588. The Hall–Kier alpha value is -1.51. The molecule has 0 spiro atoms. The van der Waals surface area contributed by atoms with E-state index in [4.69, 9.17) is 0 Å². The molecule has 110 valence electrons. The third-order valence-corrected chi connectivity index (χ3v) is 4.12. The van der Waals surface area contributed by atoms with Gasteiger partial charge >= 0.3 is 0 Å². The molecule has 3 heteroatoms. The molecule has 1 aliphatic carbocycles. The Labute approximate surface area is 122 Å². The number of hydrogen-bond acceptors (Lipinski definition) is 2. The average Bonchev–Trinajstić information content (AvgIpc) is 2.41. The second-order valence-corrected chi connectivity index (χ2v) is 6.27. The van der Waals surface area contributed by atoms with Crippen LogP contribution in [0.5, 0.6) is 0 Å². The van der Waals surface area contributed by atoms with Crippen LogP contribution in [-0.2, 0) is 11.2 Å². The van der Waals surface area contributed by atoms with E-state index in [9.17, 15) is 4.79 Å². The molecule has 2 atom stereocenters. The number of benzene rings is 1. The van der Waals surface area contributed by atoms with Crippen molar-refractivity contribution in [2.75, 3.05) is 19.4 Å². The first-order valence-electron chi connectivity index (χ1n) is 7.60. The highest BCUT2D eigenvalue weighted by molar-refractivity contribution is 5.78. The summed E-state index contributed by atoms with van der Waals surface area (Å²) >= 11 is 0. The van der Waals surface area contributed by atoms with E-state index in [2.05, 4.69) is 36.5 Å². The van der Waals surface area contributed by atoms with Gasteiger partial charge < -0.3 is 10.2 Å². The van der Waals surface area contributed by atoms with Crippen LogP contribution in [0.2, 0.25) is 0 Å². The highest BCUT2D eigenvalue weighted by Gasteiger charge is 2.18. The summed E-state index contributed by atoms with van der Waals surface area (Å²) in [5.41, 5.74) is 2.25. The Balaban J connectivity index is 1.89. The topological polar surface area (TPSA) is 32.3 Å². The molecule has 2 unspecified atom stereocenters. The summed E-state index contributed by atoms with van der Waals surface area (Å²) in [6.07, 6.45) is 5.71. The molecule has 1 N–H and O–H groups in total. The molecule has 1 aliphatic rings. The number of carbonyl (C=O) groups excluding carboxylic acids is 1. The van der Waals surface area contributed by atoms with Gasteiger partial charge in [0.25, 0.3) is 0 Å². The van der Waals surface area contributed by atoms with Gasteiger partial charge in [-0.2, -0.15) is 0 Å². The van der Waals surface area contributed by atoms with Crippen molar-refractivity contribution < 1.29 is 4.79 Å². The molecule has 0 aromatic heterocycles. The Morgan fingerprint density at radius 3 is 2.55 bits per heavy atom. The van der Waals surface area contributed by atoms with E-state index in [1.165, 1.54) is 31.4 Å². The molecule has 20 heavy (non-hydrogen) atoms. The van der Waals surface area contributed by atoms with Gasteiger partial charge in [0.2, 0.25) is 5.91 Å². The van der Waals surface area contributed by atoms with E-state index >= 15 is 0 Å². The standard InChI is InChI=1S/C17H26N2O/c1-13-5-4-6-16(11-13)18-15-9-7-14(8-10-15)12-17(20)19(2)3/h7-10,13,16,18H,4-6,11-12H2,1-3H3. The summed E-state index contributed by atoms with van der Waals surface area (Å²) in [6, 6.07) is 8.90. The minimum atomic E-state index is 0.145. The molecule has 0 heterocycles. The Morgan fingerprint density at radius 2 is 1.95 bits per heavy atom. The minimum Gasteiger partial charge on any atom is -0.382 e. The van der Waals surface area contributed by atoms with Crippen LogP contribution in [0.3, 0.4) is 0 Å². The first kappa shape index (κ1) is 14.9. The molecule has 1 aromatic carbocycles. The first-order chi connectivity index (χ1) is 9.54. The van der Waals surface area contributed by atoms with Crippen molar-refractivity contribution in [3.63, 3.8) is 0 Å². The van der Waals surface area contributed by atoms with E-state index in [-0.39, 0.29) is 5.91 Å². The highest BCUT2D eigenvalue weighted by atomic mass is 16.2. The van der Waals surface area contributed by atoms with Crippen molar-refractivity contribution in [2.24, 2.45) is 5.92 Å². The second kappa shape index (κ2) is 6.78. The Bertz CT molecular complexity index is 439. The summed E-state index contributed by atoms with van der Waals surface area (Å²) in [5.74, 6) is 0.977. The van der Waals surface area contributed by atoms with Crippen LogP contribution in [0.4, 0.5) is 5.69 Å². The zero-order chi connectivity index (χ0) is 14.5. The first-order valence-corrected chi connectivity index (χ1v) is 7.60. The third-order valence-electron chi connectivity index (χ3n) is 4.12. The van der Waals surface area contributed by atoms with Crippen molar-refractivity contribution in [3.05, 3.63) is 29.8 Å². The molecule has 1 amide bonds. The summed E-state index contributed by atoms with van der Waals surface area (Å²) in [7, 11) is 3.59. The van der Waals surface area contributed by atoms with Gasteiger partial charge in [0.1, 0.15) is 0 Å². The molecule has 1 aromatic rings. The fourth-order valence-electron chi connectivity index (χ4n) is 2.85. The van der Waals surface area contributed by atoms with E-state index in [1.54, 1.807) is 19.0 Å². The second-order valence-electron chi connectivity index (χ2n) is 6.27. The quantitative estimate of drug-likeness (QED) is 0.913. The summed E-state index contributed by atoms with van der Waals surface area (Å²) in [4.78, 5) is 13.3. The van der Waals surface area contributed by atoms with Crippen LogP contribution < -0.4 is 5.32 Å². The third kappa shape index (κ3) is 4.26. The van der Waals surface area contributed by atoms with Crippen LogP contribution in [-0.4, -0.2) is 30.9 Å². The smallest absolute Gasteiger partial charge is 0.226 e. The average molecular weight is 274 g/mol. The van der Waals surface area contributed by atoms with Crippen molar-refractivity contribution in [2.45, 2.75) is 45.1 Å². The largest absolute Gasteiger partial charge is 0.382 e. The van der Waals surface area contributed by atoms with Crippen molar-refractivity contribution in [1.82, 2.24) is 4.90 Å². The fourth-order valence-corrected chi connectivity index (χ4v) is 2.85. The van der Waals surface area contributed by atoms with E-state index in [0.717, 1.165) is 11.5 Å². The highest BCUT2D eigenvalue weighted by Crippen LogP contribution is 2.26. The van der Waals surface area contributed by atoms with Gasteiger partial charge in [-0.1, -0.05) is 31.9 Å². The maximum absolute atomic E-state index is 11.7. The summed E-state index contributed by atoms with van der Waals surface area (Å²) < 4.78 is 0. The number of likely N-dealkylation sites (N-methyl/N-ethyl adjacent to an activating group) is 1. The predicted molar refractivity (Wildman–Crippen MR) is 83.9 cm³/mol. The molecule has 0 radical (unpaired) electrons. The number of nitrogens with one attached hydrogen (secondary N) is 1. The molecule has 3 nitrogen and oxygen atoms in total. The van der Waals surface area contributed by atoms with Gasteiger partial charge in [0, 0.05) is 25.8 Å². The molecule has 0 saturated heterocycles. The minimum absolute atomic E-state index is 0.145. The SMILES string of the molecule is CC1CCCC(Nc2ccc(CC(=O)N(C)C)cc2)C1. The molecule has 0 aliphatic heterocycles. The lowest BCUT2D eigenvalue weighted by Crippen LogP contribution is -2.26. The number of hydrogen-bond donors (Lipinski definition) is 1. The van der Waals surface area contributed by atoms with E-state index < -0.39 is 0 Å².